The fourth-order valence-electron chi connectivity index (χ4n) is 1.65. The smallest absolute Gasteiger partial charge is 0.321 e. The summed E-state index contributed by atoms with van der Waals surface area (Å²) in [5, 5.41) is 4.47. The summed E-state index contributed by atoms with van der Waals surface area (Å²) in [6.45, 7) is 3.60. The number of esters is 1. The molecule has 1 rings (SSSR count). The molecule has 0 spiro atoms. The summed E-state index contributed by atoms with van der Waals surface area (Å²) in [6, 6.07) is 6.27. The lowest BCUT2D eigenvalue weighted by Gasteiger charge is -2.13. The average molecular weight is 338 g/mol. The Morgan fingerprint density at radius 2 is 1.75 bits per heavy atom. The minimum atomic E-state index is -1.07. The lowest BCUT2D eigenvalue weighted by atomic mass is 10.3. The Bertz CT molecular complexity index is 558. The van der Waals surface area contributed by atoms with E-state index in [1.807, 2.05) is 0 Å². The van der Waals surface area contributed by atoms with E-state index in [9.17, 15) is 14.4 Å². The van der Waals surface area contributed by atoms with E-state index in [0.717, 1.165) is 0 Å². The van der Waals surface area contributed by atoms with Gasteiger partial charge in [-0.25, -0.2) is 4.79 Å². The van der Waals surface area contributed by atoms with Gasteiger partial charge in [0.1, 0.15) is 11.5 Å². The van der Waals surface area contributed by atoms with Gasteiger partial charge in [-0.15, -0.1) is 0 Å². The van der Waals surface area contributed by atoms with Gasteiger partial charge in [-0.1, -0.05) is 0 Å². The predicted molar refractivity (Wildman–Crippen MR) is 85.9 cm³/mol. The van der Waals surface area contributed by atoms with Crippen LogP contribution in [0.1, 0.15) is 20.3 Å². The van der Waals surface area contributed by atoms with Crippen LogP contribution < -0.4 is 20.1 Å². The number of hydrogen-bond acceptors (Lipinski definition) is 6. The third-order valence-corrected chi connectivity index (χ3v) is 2.89. The molecule has 0 aliphatic heterocycles. The molecule has 0 saturated heterocycles. The lowest BCUT2D eigenvalue weighted by Crippen LogP contribution is -2.44. The van der Waals surface area contributed by atoms with Gasteiger partial charge < -0.3 is 19.5 Å². The van der Waals surface area contributed by atoms with Crippen molar-refractivity contribution >= 4 is 17.9 Å². The predicted octanol–water partition coefficient (Wildman–Crippen LogP) is 1.24. The van der Waals surface area contributed by atoms with Crippen molar-refractivity contribution in [2.45, 2.75) is 26.4 Å². The highest BCUT2D eigenvalue weighted by atomic mass is 16.6. The Kier molecular flexibility index (Phi) is 8.10. The molecule has 0 aliphatic carbocycles. The number of imide groups is 1. The Morgan fingerprint density at radius 1 is 1.12 bits per heavy atom. The molecule has 0 saturated carbocycles. The van der Waals surface area contributed by atoms with Crippen LogP contribution in [0.5, 0.6) is 11.5 Å². The van der Waals surface area contributed by atoms with Crippen LogP contribution >= 0.6 is 0 Å². The standard InChI is InChI=1S/C16H22N2O6/c1-4-17-16(21)18-15(20)11(2)24-14(19)9-10-23-13-7-5-12(22-3)6-8-13/h5-8,11H,4,9-10H2,1-3H3,(H2,17,18,20,21). The maximum Gasteiger partial charge on any atom is 0.321 e. The molecule has 3 amide bonds. The van der Waals surface area contributed by atoms with Gasteiger partial charge >= 0.3 is 12.0 Å². The van der Waals surface area contributed by atoms with Crippen LogP contribution in [-0.4, -0.2) is 44.3 Å². The molecule has 0 aromatic heterocycles. The molecule has 0 aliphatic rings. The molecule has 0 radical (unpaired) electrons. The summed E-state index contributed by atoms with van der Waals surface area (Å²) in [5.41, 5.74) is 0. The van der Waals surface area contributed by atoms with Crippen LogP contribution in [0.4, 0.5) is 4.79 Å². The molecule has 1 unspecified atom stereocenters. The zero-order valence-corrected chi connectivity index (χ0v) is 14.0. The van der Waals surface area contributed by atoms with Crippen molar-refractivity contribution in [1.29, 1.82) is 0 Å². The van der Waals surface area contributed by atoms with Crippen molar-refractivity contribution in [2.75, 3.05) is 20.3 Å². The number of rotatable bonds is 8. The summed E-state index contributed by atoms with van der Waals surface area (Å²) < 4.78 is 15.4. The van der Waals surface area contributed by atoms with Crippen molar-refractivity contribution in [3.63, 3.8) is 0 Å². The highest BCUT2D eigenvalue weighted by Crippen LogP contribution is 2.17. The minimum absolute atomic E-state index is 0.0230. The monoisotopic (exact) mass is 338 g/mol. The zero-order valence-electron chi connectivity index (χ0n) is 14.0. The second-order valence-electron chi connectivity index (χ2n) is 4.75. The molecule has 0 heterocycles. The van der Waals surface area contributed by atoms with E-state index in [1.54, 1.807) is 38.3 Å². The molecule has 0 bridgehead atoms. The maximum atomic E-state index is 11.7. The highest BCUT2D eigenvalue weighted by molar-refractivity contribution is 5.97. The maximum absolute atomic E-state index is 11.7. The number of ether oxygens (including phenoxy) is 3. The number of hydrogen-bond donors (Lipinski definition) is 2. The Labute approximate surface area is 140 Å². The number of methoxy groups -OCH3 is 1. The first kappa shape index (κ1) is 19.3. The SMILES string of the molecule is CCNC(=O)NC(=O)C(C)OC(=O)CCOc1ccc(OC)cc1. The van der Waals surface area contributed by atoms with Crippen LogP contribution in [0.2, 0.25) is 0 Å². The van der Waals surface area contributed by atoms with Crippen LogP contribution in [0.15, 0.2) is 24.3 Å². The molecule has 1 aromatic rings. The molecular weight excluding hydrogens is 316 g/mol. The topological polar surface area (TPSA) is 103 Å². The van der Waals surface area contributed by atoms with Crippen LogP contribution in [-0.2, 0) is 14.3 Å². The van der Waals surface area contributed by atoms with E-state index < -0.39 is 24.0 Å². The third-order valence-electron chi connectivity index (χ3n) is 2.89. The molecule has 8 heteroatoms. The molecule has 2 N–H and O–H groups in total. The molecule has 132 valence electrons. The average Bonchev–Trinajstić information content (AvgIpc) is 2.55. The molecule has 0 fully saturated rings. The number of urea groups is 1. The van der Waals surface area contributed by atoms with Crippen LogP contribution in [0, 0.1) is 0 Å². The first-order valence-corrected chi connectivity index (χ1v) is 7.51. The number of carbonyl (C=O) groups excluding carboxylic acids is 3. The van der Waals surface area contributed by atoms with Crippen LogP contribution in [0.3, 0.4) is 0 Å². The quantitative estimate of drug-likeness (QED) is 0.691. The molecule has 8 nitrogen and oxygen atoms in total. The molecule has 24 heavy (non-hydrogen) atoms. The van der Waals surface area contributed by atoms with Gasteiger partial charge in [-0.3, -0.25) is 14.9 Å². The number of carbonyl (C=O) groups is 3. The van der Waals surface area contributed by atoms with Crippen molar-refractivity contribution in [1.82, 2.24) is 10.6 Å². The van der Waals surface area contributed by atoms with Crippen LogP contribution in [0.25, 0.3) is 0 Å². The highest BCUT2D eigenvalue weighted by Gasteiger charge is 2.19. The summed E-state index contributed by atoms with van der Waals surface area (Å²) in [6.07, 6.45) is -1.09. The van der Waals surface area contributed by atoms with Crippen molar-refractivity contribution in [3.8, 4) is 11.5 Å². The van der Waals surface area contributed by atoms with Gasteiger partial charge in [0.2, 0.25) is 0 Å². The second kappa shape index (κ2) is 10.1. The number of benzene rings is 1. The lowest BCUT2D eigenvalue weighted by molar-refractivity contribution is -0.154. The first-order chi connectivity index (χ1) is 11.5. The normalized spacial score (nSPS) is 11.1. The summed E-state index contributed by atoms with van der Waals surface area (Å²) in [5.74, 6) is 0.00627. The van der Waals surface area contributed by atoms with E-state index >= 15 is 0 Å². The van der Waals surface area contributed by atoms with Crippen molar-refractivity contribution in [2.24, 2.45) is 0 Å². The van der Waals surface area contributed by atoms with Gasteiger partial charge in [-0.05, 0) is 38.1 Å². The summed E-state index contributed by atoms with van der Waals surface area (Å²) in [4.78, 5) is 34.5. The van der Waals surface area contributed by atoms with E-state index in [1.165, 1.54) is 6.92 Å². The molecule has 1 aromatic carbocycles. The number of nitrogens with one attached hydrogen (secondary N) is 2. The second-order valence-corrected chi connectivity index (χ2v) is 4.75. The number of amides is 3. The largest absolute Gasteiger partial charge is 0.497 e. The Hall–Kier alpha value is -2.77. The molecular formula is C16H22N2O6. The van der Waals surface area contributed by atoms with E-state index in [2.05, 4.69) is 10.6 Å². The van der Waals surface area contributed by atoms with Gasteiger partial charge in [0, 0.05) is 6.54 Å². The minimum Gasteiger partial charge on any atom is -0.497 e. The van der Waals surface area contributed by atoms with Crippen molar-refractivity contribution < 1.29 is 28.6 Å². The zero-order chi connectivity index (χ0) is 17.9. The van der Waals surface area contributed by atoms with Gasteiger partial charge in [0.25, 0.3) is 5.91 Å². The Balaban J connectivity index is 2.29. The van der Waals surface area contributed by atoms with Gasteiger partial charge in [0.15, 0.2) is 6.10 Å². The van der Waals surface area contributed by atoms with Crippen molar-refractivity contribution in [3.05, 3.63) is 24.3 Å². The van der Waals surface area contributed by atoms with E-state index in [-0.39, 0.29) is 13.0 Å². The van der Waals surface area contributed by atoms with Gasteiger partial charge in [-0.2, -0.15) is 0 Å². The first-order valence-electron chi connectivity index (χ1n) is 7.51. The molecule has 1 atom stereocenters. The third kappa shape index (κ3) is 6.99. The fraction of sp³-hybridized carbons (Fsp3) is 0.438. The summed E-state index contributed by atoms with van der Waals surface area (Å²) in [7, 11) is 1.56. The van der Waals surface area contributed by atoms with E-state index in [4.69, 9.17) is 14.2 Å². The Morgan fingerprint density at radius 3 is 2.33 bits per heavy atom. The van der Waals surface area contributed by atoms with E-state index in [0.29, 0.717) is 18.0 Å². The summed E-state index contributed by atoms with van der Waals surface area (Å²) >= 11 is 0. The van der Waals surface area contributed by atoms with Gasteiger partial charge in [0.05, 0.1) is 20.1 Å². The fourth-order valence-corrected chi connectivity index (χ4v) is 1.65.